The summed E-state index contributed by atoms with van der Waals surface area (Å²) >= 11 is 0. The van der Waals surface area contributed by atoms with Gasteiger partial charge in [0.25, 0.3) is 0 Å². The van der Waals surface area contributed by atoms with Crippen molar-refractivity contribution in [3.05, 3.63) is 23.7 Å². The standard InChI is InChI=1S/C10H11N3O3/c1-3-6-8(10(14)15)16-9(11-6)7-4-5-13(2)12-7/h4-5H,3H2,1-2H3,(H,14,15). The van der Waals surface area contributed by atoms with Crippen molar-refractivity contribution in [2.45, 2.75) is 13.3 Å². The molecule has 0 fully saturated rings. The number of carboxylic acid groups (broad SMARTS) is 1. The third kappa shape index (κ3) is 1.69. The normalized spacial score (nSPS) is 10.6. The second-order valence-corrected chi connectivity index (χ2v) is 3.33. The predicted molar refractivity (Wildman–Crippen MR) is 55.0 cm³/mol. The zero-order valence-corrected chi connectivity index (χ0v) is 8.97. The number of hydrogen-bond donors (Lipinski definition) is 1. The van der Waals surface area contributed by atoms with Crippen LogP contribution in [0.1, 0.15) is 23.2 Å². The summed E-state index contributed by atoms with van der Waals surface area (Å²) < 4.78 is 6.78. The molecular weight excluding hydrogens is 210 g/mol. The molecule has 16 heavy (non-hydrogen) atoms. The first kappa shape index (κ1) is 10.4. The summed E-state index contributed by atoms with van der Waals surface area (Å²) in [7, 11) is 1.77. The molecule has 1 N–H and O–H groups in total. The van der Waals surface area contributed by atoms with Gasteiger partial charge in [0.2, 0.25) is 11.7 Å². The van der Waals surface area contributed by atoms with E-state index in [-0.39, 0.29) is 11.7 Å². The molecule has 0 aliphatic heterocycles. The number of rotatable bonds is 3. The Hall–Kier alpha value is -2.11. The maximum Gasteiger partial charge on any atom is 0.373 e. The molecule has 84 valence electrons. The molecule has 0 aromatic carbocycles. The van der Waals surface area contributed by atoms with E-state index in [2.05, 4.69) is 10.1 Å². The topological polar surface area (TPSA) is 81.2 Å². The number of nitrogens with zero attached hydrogens (tertiary/aromatic N) is 3. The van der Waals surface area contributed by atoms with Crippen molar-refractivity contribution in [1.82, 2.24) is 14.8 Å². The largest absolute Gasteiger partial charge is 0.475 e. The van der Waals surface area contributed by atoms with E-state index >= 15 is 0 Å². The zero-order chi connectivity index (χ0) is 11.7. The second-order valence-electron chi connectivity index (χ2n) is 3.33. The fraction of sp³-hybridized carbons (Fsp3) is 0.300. The highest BCUT2D eigenvalue weighted by atomic mass is 16.4. The number of oxazole rings is 1. The molecule has 0 radical (unpaired) electrons. The first-order valence-electron chi connectivity index (χ1n) is 4.84. The lowest BCUT2D eigenvalue weighted by atomic mass is 10.3. The molecule has 0 saturated carbocycles. The summed E-state index contributed by atoms with van der Waals surface area (Å²) in [5.74, 6) is -0.968. The SMILES string of the molecule is CCc1nc(-c2ccn(C)n2)oc1C(=O)O. The number of aryl methyl sites for hydroxylation is 2. The van der Waals surface area contributed by atoms with Crippen LogP contribution < -0.4 is 0 Å². The molecule has 0 bridgehead atoms. The molecule has 2 aromatic heterocycles. The highest BCUT2D eigenvalue weighted by molar-refractivity contribution is 5.86. The highest BCUT2D eigenvalue weighted by Crippen LogP contribution is 2.20. The number of carboxylic acids is 1. The Morgan fingerprint density at radius 2 is 2.38 bits per heavy atom. The summed E-state index contributed by atoms with van der Waals surface area (Å²) in [4.78, 5) is 15.0. The molecule has 0 unspecified atom stereocenters. The molecule has 0 aliphatic rings. The van der Waals surface area contributed by atoms with Gasteiger partial charge in [-0.2, -0.15) is 5.10 Å². The van der Waals surface area contributed by atoms with Crippen molar-refractivity contribution >= 4 is 5.97 Å². The molecule has 0 amide bonds. The molecule has 2 rings (SSSR count). The van der Waals surface area contributed by atoms with Crippen LogP contribution >= 0.6 is 0 Å². The van der Waals surface area contributed by atoms with Gasteiger partial charge in [-0.3, -0.25) is 4.68 Å². The Bertz CT molecular complexity index is 527. The first-order valence-corrected chi connectivity index (χ1v) is 4.84. The van der Waals surface area contributed by atoms with E-state index in [0.29, 0.717) is 17.8 Å². The van der Waals surface area contributed by atoms with Crippen molar-refractivity contribution in [3.63, 3.8) is 0 Å². The van der Waals surface area contributed by atoms with Crippen LogP contribution in [0, 0.1) is 0 Å². The lowest BCUT2D eigenvalue weighted by Gasteiger charge is -1.88. The van der Waals surface area contributed by atoms with Gasteiger partial charge in [-0.1, -0.05) is 6.92 Å². The van der Waals surface area contributed by atoms with E-state index in [9.17, 15) is 4.79 Å². The first-order chi connectivity index (χ1) is 7.61. The molecule has 0 spiro atoms. The minimum Gasteiger partial charge on any atom is -0.475 e. The second kappa shape index (κ2) is 3.80. The third-order valence-electron chi connectivity index (χ3n) is 2.16. The van der Waals surface area contributed by atoms with Gasteiger partial charge in [0.05, 0.1) is 5.69 Å². The Labute approximate surface area is 91.5 Å². The Morgan fingerprint density at radius 1 is 1.62 bits per heavy atom. The average molecular weight is 221 g/mol. The number of carbonyl (C=O) groups is 1. The van der Waals surface area contributed by atoms with Crippen molar-refractivity contribution in [2.24, 2.45) is 7.05 Å². The van der Waals surface area contributed by atoms with Crippen LogP contribution in [-0.2, 0) is 13.5 Å². The lowest BCUT2D eigenvalue weighted by molar-refractivity contribution is 0.0662. The van der Waals surface area contributed by atoms with Crippen molar-refractivity contribution < 1.29 is 14.3 Å². The Kier molecular flexibility index (Phi) is 2.47. The summed E-state index contributed by atoms with van der Waals surface area (Å²) in [6, 6.07) is 1.72. The predicted octanol–water partition coefficient (Wildman–Crippen LogP) is 1.34. The summed E-state index contributed by atoms with van der Waals surface area (Å²) in [6.45, 7) is 1.83. The maximum atomic E-state index is 10.9. The van der Waals surface area contributed by atoms with Crippen LogP contribution in [0.25, 0.3) is 11.6 Å². The van der Waals surface area contributed by atoms with Crippen molar-refractivity contribution in [2.75, 3.05) is 0 Å². The van der Waals surface area contributed by atoms with Gasteiger partial charge in [0.1, 0.15) is 5.69 Å². The van der Waals surface area contributed by atoms with Gasteiger partial charge in [0, 0.05) is 13.2 Å². The van der Waals surface area contributed by atoms with Gasteiger partial charge in [-0.15, -0.1) is 0 Å². The smallest absolute Gasteiger partial charge is 0.373 e. The third-order valence-corrected chi connectivity index (χ3v) is 2.16. The molecular formula is C10H11N3O3. The van der Waals surface area contributed by atoms with E-state index in [1.165, 1.54) is 0 Å². The van der Waals surface area contributed by atoms with Crippen molar-refractivity contribution in [1.29, 1.82) is 0 Å². The fourth-order valence-corrected chi connectivity index (χ4v) is 1.40. The van der Waals surface area contributed by atoms with E-state index in [4.69, 9.17) is 9.52 Å². The molecule has 2 aromatic rings. The molecule has 6 nitrogen and oxygen atoms in total. The van der Waals surface area contributed by atoms with Crippen LogP contribution in [-0.4, -0.2) is 25.8 Å². The minimum absolute atomic E-state index is 0.108. The summed E-state index contributed by atoms with van der Waals surface area (Å²) in [5, 5.41) is 13.0. The summed E-state index contributed by atoms with van der Waals surface area (Å²) in [6.07, 6.45) is 2.25. The lowest BCUT2D eigenvalue weighted by Crippen LogP contribution is -1.98. The molecule has 2 heterocycles. The van der Waals surface area contributed by atoms with Crippen LogP contribution in [0.4, 0.5) is 0 Å². The monoisotopic (exact) mass is 221 g/mol. The number of hydrogen-bond acceptors (Lipinski definition) is 4. The van der Waals surface area contributed by atoms with E-state index in [0.717, 1.165) is 0 Å². The van der Waals surface area contributed by atoms with Gasteiger partial charge < -0.3 is 9.52 Å². The van der Waals surface area contributed by atoms with E-state index in [1.807, 2.05) is 6.92 Å². The fourth-order valence-electron chi connectivity index (χ4n) is 1.40. The van der Waals surface area contributed by atoms with Crippen LogP contribution in [0.5, 0.6) is 0 Å². The molecule has 6 heteroatoms. The quantitative estimate of drug-likeness (QED) is 0.845. The molecule has 0 saturated heterocycles. The number of aromatic carboxylic acids is 1. The van der Waals surface area contributed by atoms with Gasteiger partial charge in [-0.25, -0.2) is 9.78 Å². The van der Waals surface area contributed by atoms with E-state index < -0.39 is 5.97 Å². The van der Waals surface area contributed by atoms with Crippen LogP contribution in [0.15, 0.2) is 16.7 Å². The van der Waals surface area contributed by atoms with Gasteiger partial charge in [0.15, 0.2) is 0 Å². The van der Waals surface area contributed by atoms with Gasteiger partial charge in [-0.05, 0) is 12.5 Å². The van der Waals surface area contributed by atoms with Crippen LogP contribution in [0.2, 0.25) is 0 Å². The molecule has 0 atom stereocenters. The highest BCUT2D eigenvalue weighted by Gasteiger charge is 2.19. The van der Waals surface area contributed by atoms with E-state index in [1.54, 1.807) is 24.0 Å². The Balaban J connectivity index is 2.47. The minimum atomic E-state index is -1.11. The van der Waals surface area contributed by atoms with Crippen LogP contribution in [0.3, 0.4) is 0 Å². The molecule has 0 aliphatic carbocycles. The number of aromatic nitrogens is 3. The Morgan fingerprint density at radius 3 is 2.81 bits per heavy atom. The maximum absolute atomic E-state index is 10.9. The summed E-state index contributed by atoms with van der Waals surface area (Å²) in [5.41, 5.74) is 0.970. The van der Waals surface area contributed by atoms with Crippen molar-refractivity contribution in [3.8, 4) is 11.6 Å². The average Bonchev–Trinajstić information content (AvgIpc) is 2.82. The zero-order valence-electron chi connectivity index (χ0n) is 8.97. The van der Waals surface area contributed by atoms with Gasteiger partial charge >= 0.3 is 5.97 Å².